The average molecular weight is 522 g/mol. The summed E-state index contributed by atoms with van der Waals surface area (Å²) in [5.74, 6) is -0.198. The molecule has 8 nitrogen and oxygen atoms in total. The van der Waals surface area contributed by atoms with Gasteiger partial charge in [0.2, 0.25) is 0 Å². The first-order chi connectivity index (χ1) is 17.5. The Kier molecular flexibility index (Phi) is 7.11. The minimum atomic E-state index is -0.480. The highest BCUT2D eigenvalue weighted by molar-refractivity contribution is 6.42. The zero-order chi connectivity index (χ0) is 25.1. The highest BCUT2D eigenvalue weighted by Crippen LogP contribution is 2.25. The summed E-state index contributed by atoms with van der Waals surface area (Å²) in [5.41, 5.74) is 3.90. The minimum absolute atomic E-state index is 0.138. The van der Waals surface area contributed by atoms with Gasteiger partial charge in [0.25, 0.3) is 0 Å². The van der Waals surface area contributed by atoms with Gasteiger partial charge in [0, 0.05) is 35.6 Å². The molecule has 0 radical (unpaired) electrons. The number of halogens is 2. The molecule has 2 amide bonds. The van der Waals surface area contributed by atoms with Crippen LogP contribution in [0.25, 0.3) is 11.0 Å². The first-order valence-electron chi connectivity index (χ1n) is 11.2. The minimum Gasteiger partial charge on any atom is -0.369 e. The first-order valence-corrected chi connectivity index (χ1v) is 12.0. The predicted octanol–water partition coefficient (Wildman–Crippen LogP) is 5.47. The van der Waals surface area contributed by atoms with Gasteiger partial charge in [-0.1, -0.05) is 35.3 Å². The number of morpholine rings is 1. The van der Waals surface area contributed by atoms with Crippen LogP contribution in [0.5, 0.6) is 0 Å². The molecule has 1 unspecified atom stereocenters. The van der Waals surface area contributed by atoms with E-state index in [1.165, 1.54) is 0 Å². The van der Waals surface area contributed by atoms with Crippen LogP contribution in [0.4, 0.5) is 16.2 Å². The second-order valence-corrected chi connectivity index (χ2v) is 8.99. The fourth-order valence-corrected chi connectivity index (χ4v) is 4.15. The average Bonchev–Trinajstić information content (AvgIpc) is 2.90. The Morgan fingerprint density at radius 3 is 2.50 bits per heavy atom. The number of amides is 2. The van der Waals surface area contributed by atoms with Crippen molar-refractivity contribution in [2.24, 2.45) is 0 Å². The SMILES string of the molecule is O=C(Nc1cccc(C(=O)c2ccc3nc(C4CNCCO4)cnc3c2)c1)Nc1ccc(Cl)c(Cl)c1. The maximum Gasteiger partial charge on any atom is 0.323 e. The van der Waals surface area contributed by atoms with Gasteiger partial charge in [-0.05, 0) is 48.5 Å². The Bertz CT molecular complexity index is 1460. The smallest absolute Gasteiger partial charge is 0.323 e. The number of hydrogen-bond donors (Lipinski definition) is 3. The molecule has 3 aromatic carbocycles. The van der Waals surface area contributed by atoms with Crippen LogP contribution in [-0.4, -0.2) is 41.5 Å². The first kappa shape index (κ1) is 24.1. The van der Waals surface area contributed by atoms with Crippen molar-refractivity contribution in [1.82, 2.24) is 15.3 Å². The van der Waals surface area contributed by atoms with E-state index in [0.29, 0.717) is 56.7 Å². The molecule has 1 fully saturated rings. The normalized spacial score (nSPS) is 15.4. The van der Waals surface area contributed by atoms with Gasteiger partial charge in [-0.25, -0.2) is 9.78 Å². The number of carbonyl (C=O) groups excluding carboxylic acids is 2. The van der Waals surface area contributed by atoms with Crippen molar-refractivity contribution in [1.29, 1.82) is 0 Å². The number of urea groups is 1. The fourth-order valence-electron chi connectivity index (χ4n) is 3.85. The van der Waals surface area contributed by atoms with Crippen LogP contribution in [0.1, 0.15) is 27.7 Å². The number of benzene rings is 3. The van der Waals surface area contributed by atoms with Crippen molar-refractivity contribution >= 4 is 57.4 Å². The van der Waals surface area contributed by atoms with E-state index < -0.39 is 6.03 Å². The van der Waals surface area contributed by atoms with E-state index in [-0.39, 0.29) is 11.9 Å². The topological polar surface area (TPSA) is 105 Å². The fraction of sp³-hybridized carbons (Fsp3) is 0.154. The third-order valence-corrected chi connectivity index (χ3v) is 6.38. The maximum atomic E-state index is 13.2. The zero-order valence-corrected chi connectivity index (χ0v) is 20.4. The summed E-state index contributed by atoms with van der Waals surface area (Å²) in [5, 5.41) is 9.40. The molecule has 0 aliphatic carbocycles. The number of ketones is 1. The molecule has 182 valence electrons. The molecule has 0 saturated carbocycles. The van der Waals surface area contributed by atoms with Crippen LogP contribution < -0.4 is 16.0 Å². The van der Waals surface area contributed by atoms with Gasteiger partial charge in [-0.2, -0.15) is 0 Å². The van der Waals surface area contributed by atoms with Gasteiger partial charge in [0.15, 0.2) is 5.78 Å². The van der Waals surface area contributed by atoms with Crippen LogP contribution >= 0.6 is 23.2 Å². The van der Waals surface area contributed by atoms with Crippen LogP contribution in [0.15, 0.2) is 66.9 Å². The van der Waals surface area contributed by atoms with Crippen molar-refractivity contribution in [2.75, 3.05) is 30.3 Å². The molecule has 2 heterocycles. The number of rotatable bonds is 5. The van der Waals surface area contributed by atoms with E-state index >= 15 is 0 Å². The molecule has 0 spiro atoms. The summed E-state index contributed by atoms with van der Waals surface area (Å²) in [6.07, 6.45) is 1.55. The Morgan fingerprint density at radius 1 is 0.917 bits per heavy atom. The molecule has 1 aliphatic rings. The molecule has 4 aromatic rings. The largest absolute Gasteiger partial charge is 0.369 e. The van der Waals surface area contributed by atoms with Gasteiger partial charge in [0.05, 0.1) is 39.6 Å². The molecule has 36 heavy (non-hydrogen) atoms. The molecule has 1 atom stereocenters. The van der Waals surface area contributed by atoms with Crippen molar-refractivity contribution in [3.63, 3.8) is 0 Å². The van der Waals surface area contributed by atoms with Gasteiger partial charge in [-0.15, -0.1) is 0 Å². The highest BCUT2D eigenvalue weighted by Gasteiger charge is 2.18. The molecule has 1 aromatic heterocycles. The molecule has 3 N–H and O–H groups in total. The number of nitrogens with zero attached hydrogens (tertiary/aromatic N) is 2. The molecule has 1 aliphatic heterocycles. The Hall–Kier alpha value is -3.56. The third-order valence-electron chi connectivity index (χ3n) is 5.64. The van der Waals surface area contributed by atoms with Crippen molar-refractivity contribution < 1.29 is 14.3 Å². The van der Waals surface area contributed by atoms with Crippen molar-refractivity contribution in [3.05, 3.63) is 93.7 Å². The van der Waals surface area contributed by atoms with Crippen LogP contribution in [0.3, 0.4) is 0 Å². The van der Waals surface area contributed by atoms with E-state index in [0.717, 1.165) is 12.2 Å². The van der Waals surface area contributed by atoms with Crippen LogP contribution in [0.2, 0.25) is 10.0 Å². The lowest BCUT2D eigenvalue weighted by Gasteiger charge is -2.22. The number of aromatic nitrogens is 2. The summed E-state index contributed by atoms with van der Waals surface area (Å²) in [6.45, 7) is 2.14. The summed E-state index contributed by atoms with van der Waals surface area (Å²) in [4.78, 5) is 34.7. The molecular weight excluding hydrogens is 501 g/mol. The zero-order valence-electron chi connectivity index (χ0n) is 18.9. The molecule has 0 bridgehead atoms. The third kappa shape index (κ3) is 5.47. The van der Waals surface area contributed by atoms with E-state index in [1.54, 1.807) is 66.9 Å². The van der Waals surface area contributed by atoms with Gasteiger partial charge >= 0.3 is 6.03 Å². The standard InChI is InChI=1S/C26H21Cl2N5O3/c27-19-6-5-18(12-20(19)28)32-26(35)31-17-3-1-2-15(10-17)25(34)16-4-7-21-22(11-16)30-13-23(33-21)24-14-29-8-9-36-24/h1-7,10-13,24,29H,8-9,14H2,(H2,31,32,35). The summed E-state index contributed by atoms with van der Waals surface area (Å²) in [7, 11) is 0. The Balaban J connectivity index is 1.30. The lowest BCUT2D eigenvalue weighted by molar-refractivity contribution is 0.0250. The Labute approximate surface area is 217 Å². The summed E-state index contributed by atoms with van der Waals surface area (Å²) in [6, 6.07) is 16.2. The number of fused-ring (bicyclic) bond motifs is 1. The summed E-state index contributed by atoms with van der Waals surface area (Å²) >= 11 is 11.9. The number of anilines is 2. The maximum absolute atomic E-state index is 13.2. The highest BCUT2D eigenvalue weighted by atomic mass is 35.5. The number of ether oxygens (including phenoxy) is 1. The number of carbonyl (C=O) groups is 2. The van der Waals surface area contributed by atoms with Crippen LogP contribution in [-0.2, 0) is 4.74 Å². The summed E-state index contributed by atoms with van der Waals surface area (Å²) < 4.78 is 5.75. The number of hydrogen-bond acceptors (Lipinski definition) is 6. The second kappa shape index (κ2) is 10.6. The number of nitrogens with one attached hydrogen (secondary N) is 3. The van der Waals surface area contributed by atoms with E-state index in [4.69, 9.17) is 27.9 Å². The van der Waals surface area contributed by atoms with Crippen molar-refractivity contribution in [3.8, 4) is 0 Å². The van der Waals surface area contributed by atoms with E-state index in [9.17, 15) is 9.59 Å². The molecule has 1 saturated heterocycles. The quantitative estimate of drug-likeness (QED) is 0.300. The lowest BCUT2D eigenvalue weighted by Crippen LogP contribution is -2.33. The van der Waals surface area contributed by atoms with Gasteiger partial charge < -0.3 is 20.7 Å². The molecule has 5 rings (SSSR count). The van der Waals surface area contributed by atoms with Gasteiger partial charge in [0.1, 0.15) is 6.10 Å². The van der Waals surface area contributed by atoms with E-state index in [1.807, 2.05) is 0 Å². The Morgan fingerprint density at radius 2 is 1.72 bits per heavy atom. The van der Waals surface area contributed by atoms with Crippen molar-refractivity contribution in [2.45, 2.75) is 6.10 Å². The molecular formula is C26H21Cl2N5O3. The van der Waals surface area contributed by atoms with E-state index in [2.05, 4.69) is 25.9 Å². The predicted molar refractivity (Wildman–Crippen MR) is 140 cm³/mol. The molecule has 10 heteroatoms. The lowest BCUT2D eigenvalue weighted by atomic mass is 10.0. The second-order valence-electron chi connectivity index (χ2n) is 8.18. The monoisotopic (exact) mass is 521 g/mol. The van der Waals surface area contributed by atoms with Crippen LogP contribution in [0, 0.1) is 0 Å². The van der Waals surface area contributed by atoms with Gasteiger partial charge in [-0.3, -0.25) is 9.78 Å².